The first-order chi connectivity index (χ1) is 11.1. The van der Waals surface area contributed by atoms with Crippen molar-refractivity contribution in [1.82, 2.24) is 25.5 Å². The summed E-state index contributed by atoms with van der Waals surface area (Å²) in [5.41, 5.74) is 1.86. The van der Waals surface area contributed by atoms with Crippen LogP contribution in [0, 0.1) is 5.82 Å². The monoisotopic (exact) mass is 311 g/mol. The first-order valence-corrected chi connectivity index (χ1v) is 7.04. The van der Waals surface area contributed by atoms with Crippen LogP contribution in [0.15, 0.2) is 54.9 Å². The molecule has 23 heavy (non-hydrogen) atoms. The molecular formula is C16H14FN5O. The fraction of sp³-hybridized carbons (Fsp3) is 0.125. The van der Waals surface area contributed by atoms with Gasteiger partial charge in [-0.25, -0.2) is 4.39 Å². The standard InChI is InChI=1S/C16H14FN5O/c1-11(12-6-8-13(17)9-7-12)19-16(23)14-4-2-3-5-15(14)22-10-18-20-21-22/h2-11H,1H3,(H,19,23). The number of nitrogens with one attached hydrogen (secondary N) is 1. The second kappa shape index (κ2) is 6.35. The van der Waals surface area contributed by atoms with E-state index in [0.717, 1.165) is 5.56 Å². The number of carbonyl (C=O) groups excluding carboxylic acids is 1. The molecule has 0 bridgehead atoms. The Bertz CT molecular complexity index is 802. The molecule has 6 nitrogen and oxygen atoms in total. The van der Waals surface area contributed by atoms with Gasteiger partial charge in [0.1, 0.15) is 12.1 Å². The third kappa shape index (κ3) is 3.23. The molecule has 7 heteroatoms. The van der Waals surface area contributed by atoms with Gasteiger partial charge in [0.05, 0.1) is 17.3 Å². The highest BCUT2D eigenvalue weighted by Crippen LogP contribution is 2.17. The van der Waals surface area contributed by atoms with E-state index in [1.54, 1.807) is 36.4 Å². The number of rotatable bonds is 4. The minimum absolute atomic E-state index is 0.257. The molecule has 0 spiro atoms. The van der Waals surface area contributed by atoms with E-state index in [4.69, 9.17) is 0 Å². The van der Waals surface area contributed by atoms with E-state index in [2.05, 4.69) is 20.8 Å². The summed E-state index contributed by atoms with van der Waals surface area (Å²) in [6.07, 6.45) is 1.43. The van der Waals surface area contributed by atoms with Crippen LogP contribution in [0.3, 0.4) is 0 Å². The number of nitrogens with zero attached hydrogens (tertiary/aromatic N) is 4. The molecule has 0 radical (unpaired) electrons. The van der Waals surface area contributed by atoms with Gasteiger partial charge in [-0.3, -0.25) is 4.79 Å². The molecule has 1 atom stereocenters. The summed E-state index contributed by atoms with van der Waals surface area (Å²) in [5, 5.41) is 13.9. The summed E-state index contributed by atoms with van der Waals surface area (Å²) < 4.78 is 14.4. The summed E-state index contributed by atoms with van der Waals surface area (Å²) >= 11 is 0. The second-order valence-electron chi connectivity index (χ2n) is 5.02. The van der Waals surface area contributed by atoms with Crippen molar-refractivity contribution in [3.63, 3.8) is 0 Å². The maximum atomic E-state index is 13.0. The van der Waals surface area contributed by atoms with Crippen LogP contribution in [0.5, 0.6) is 0 Å². The Labute approximate surface area is 132 Å². The minimum atomic E-state index is -0.309. The van der Waals surface area contributed by atoms with E-state index in [9.17, 15) is 9.18 Å². The van der Waals surface area contributed by atoms with Crippen molar-refractivity contribution in [2.75, 3.05) is 0 Å². The quantitative estimate of drug-likeness (QED) is 0.802. The highest BCUT2D eigenvalue weighted by molar-refractivity contribution is 5.97. The Hall–Kier alpha value is -3.09. The minimum Gasteiger partial charge on any atom is -0.345 e. The first-order valence-electron chi connectivity index (χ1n) is 7.04. The lowest BCUT2D eigenvalue weighted by molar-refractivity contribution is 0.0939. The Morgan fingerprint density at radius 1 is 1.17 bits per heavy atom. The van der Waals surface area contributed by atoms with Crippen LogP contribution in [0.4, 0.5) is 4.39 Å². The Balaban J connectivity index is 1.83. The normalized spacial score (nSPS) is 11.9. The average Bonchev–Trinajstić information content (AvgIpc) is 3.09. The molecule has 0 aliphatic heterocycles. The Morgan fingerprint density at radius 3 is 2.61 bits per heavy atom. The number of carbonyl (C=O) groups is 1. The van der Waals surface area contributed by atoms with E-state index in [1.165, 1.54) is 23.1 Å². The SMILES string of the molecule is CC(NC(=O)c1ccccc1-n1cnnn1)c1ccc(F)cc1. The Morgan fingerprint density at radius 2 is 1.91 bits per heavy atom. The van der Waals surface area contributed by atoms with E-state index in [1.807, 2.05) is 6.92 Å². The van der Waals surface area contributed by atoms with E-state index < -0.39 is 0 Å². The fourth-order valence-corrected chi connectivity index (χ4v) is 2.25. The first kappa shape index (κ1) is 14.8. The highest BCUT2D eigenvalue weighted by atomic mass is 19.1. The molecule has 2 aromatic carbocycles. The third-order valence-corrected chi connectivity index (χ3v) is 3.46. The lowest BCUT2D eigenvalue weighted by Crippen LogP contribution is -2.27. The number of para-hydroxylation sites is 1. The van der Waals surface area contributed by atoms with Crippen LogP contribution >= 0.6 is 0 Å². The molecule has 0 aliphatic carbocycles. The zero-order chi connectivity index (χ0) is 16.2. The maximum absolute atomic E-state index is 13.0. The number of amides is 1. The molecule has 3 rings (SSSR count). The highest BCUT2D eigenvalue weighted by Gasteiger charge is 2.16. The molecule has 3 aromatic rings. The summed E-state index contributed by atoms with van der Waals surface area (Å²) in [6.45, 7) is 1.84. The zero-order valence-electron chi connectivity index (χ0n) is 12.3. The molecule has 1 amide bonds. The third-order valence-electron chi connectivity index (χ3n) is 3.46. The van der Waals surface area contributed by atoms with Crippen LogP contribution in [0.2, 0.25) is 0 Å². The largest absolute Gasteiger partial charge is 0.345 e. The van der Waals surface area contributed by atoms with Gasteiger partial charge in [-0.2, -0.15) is 4.68 Å². The summed E-state index contributed by atoms with van der Waals surface area (Å²) in [5.74, 6) is -0.566. The number of benzene rings is 2. The molecule has 1 unspecified atom stereocenters. The van der Waals surface area contributed by atoms with Gasteiger partial charge in [0.2, 0.25) is 0 Å². The number of hydrogen-bond acceptors (Lipinski definition) is 4. The van der Waals surface area contributed by atoms with Crippen LogP contribution < -0.4 is 5.32 Å². The van der Waals surface area contributed by atoms with Crippen LogP contribution in [0.25, 0.3) is 5.69 Å². The number of halogens is 1. The molecule has 0 aliphatic rings. The summed E-state index contributed by atoms with van der Waals surface area (Å²) in [4.78, 5) is 12.5. The van der Waals surface area contributed by atoms with Gasteiger partial charge in [0.15, 0.2) is 0 Å². The smallest absolute Gasteiger partial charge is 0.253 e. The second-order valence-corrected chi connectivity index (χ2v) is 5.02. The molecule has 116 valence electrons. The van der Waals surface area contributed by atoms with Crippen molar-refractivity contribution in [3.05, 3.63) is 71.8 Å². The Kier molecular flexibility index (Phi) is 4.09. The lowest BCUT2D eigenvalue weighted by atomic mass is 10.1. The summed E-state index contributed by atoms with van der Waals surface area (Å²) in [6, 6.07) is 12.8. The van der Waals surface area contributed by atoms with Gasteiger partial charge in [-0.1, -0.05) is 24.3 Å². The van der Waals surface area contributed by atoms with Gasteiger partial charge in [-0.05, 0) is 47.2 Å². The predicted octanol–water partition coefficient (Wildman–Crippen LogP) is 2.29. The molecule has 0 saturated heterocycles. The predicted molar refractivity (Wildman–Crippen MR) is 81.4 cm³/mol. The van der Waals surface area contributed by atoms with E-state index in [0.29, 0.717) is 11.3 Å². The number of tetrazole rings is 1. The number of hydrogen-bond donors (Lipinski definition) is 1. The van der Waals surface area contributed by atoms with Crippen molar-refractivity contribution in [3.8, 4) is 5.69 Å². The summed E-state index contributed by atoms with van der Waals surface area (Å²) in [7, 11) is 0. The number of aromatic nitrogens is 4. The zero-order valence-corrected chi connectivity index (χ0v) is 12.3. The fourth-order valence-electron chi connectivity index (χ4n) is 2.25. The van der Waals surface area contributed by atoms with Gasteiger partial charge >= 0.3 is 0 Å². The lowest BCUT2D eigenvalue weighted by Gasteiger charge is -2.15. The van der Waals surface area contributed by atoms with Crippen LogP contribution in [-0.2, 0) is 0 Å². The van der Waals surface area contributed by atoms with Gasteiger partial charge in [0.25, 0.3) is 5.91 Å². The molecule has 1 heterocycles. The van der Waals surface area contributed by atoms with Gasteiger partial charge in [0, 0.05) is 0 Å². The van der Waals surface area contributed by atoms with Crippen molar-refractivity contribution in [1.29, 1.82) is 0 Å². The molecule has 0 saturated carbocycles. The van der Waals surface area contributed by atoms with E-state index >= 15 is 0 Å². The van der Waals surface area contributed by atoms with Crippen LogP contribution in [-0.4, -0.2) is 26.1 Å². The average molecular weight is 311 g/mol. The van der Waals surface area contributed by atoms with Crippen molar-refractivity contribution in [2.24, 2.45) is 0 Å². The van der Waals surface area contributed by atoms with Crippen molar-refractivity contribution in [2.45, 2.75) is 13.0 Å². The van der Waals surface area contributed by atoms with Gasteiger partial charge in [-0.15, -0.1) is 5.10 Å². The molecule has 1 aromatic heterocycles. The van der Waals surface area contributed by atoms with E-state index in [-0.39, 0.29) is 17.8 Å². The van der Waals surface area contributed by atoms with Crippen LogP contribution in [0.1, 0.15) is 28.9 Å². The molecule has 0 fully saturated rings. The maximum Gasteiger partial charge on any atom is 0.253 e. The molecule has 1 N–H and O–H groups in total. The van der Waals surface area contributed by atoms with Crippen molar-refractivity contribution < 1.29 is 9.18 Å². The van der Waals surface area contributed by atoms with Gasteiger partial charge < -0.3 is 5.32 Å². The van der Waals surface area contributed by atoms with Crippen molar-refractivity contribution >= 4 is 5.91 Å². The molecular weight excluding hydrogens is 297 g/mol. The topological polar surface area (TPSA) is 72.7 Å².